The lowest BCUT2D eigenvalue weighted by molar-refractivity contribution is -0.0115. The van der Waals surface area contributed by atoms with Gasteiger partial charge in [0.05, 0.1) is 11.7 Å². The van der Waals surface area contributed by atoms with Gasteiger partial charge >= 0.3 is 0 Å². The summed E-state index contributed by atoms with van der Waals surface area (Å²) in [5, 5.41) is 2.32. The van der Waals surface area contributed by atoms with Crippen LogP contribution >= 0.6 is 12.2 Å². The number of aromatic amines is 2. The third-order valence-electron chi connectivity index (χ3n) is 5.04. The lowest BCUT2D eigenvalue weighted by Gasteiger charge is -2.31. The third kappa shape index (κ3) is 3.24. The van der Waals surface area contributed by atoms with Gasteiger partial charge in [0.25, 0.3) is 5.56 Å². The first-order valence-electron chi connectivity index (χ1n) is 9.15. The summed E-state index contributed by atoms with van der Waals surface area (Å²) >= 11 is 5.18. The van der Waals surface area contributed by atoms with Crippen LogP contribution in [0.1, 0.15) is 49.1 Å². The molecule has 0 fully saturated rings. The number of fused-ring (bicyclic) bond motifs is 2. The second-order valence-corrected chi connectivity index (χ2v) is 7.30. The molecule has 0 aliphatic carbocycles. The number of H-pyrrole nitrogens is 2. The predicted octanol–water partition coefficient (Wildman–Crippen LogP) is 4.81. The molecule has 2 atom stereocenters. The van der Waals surface area contributed by atoms with Gasteiger partial charge in [-0.15, -0.1) is 0 Å². The van der Waals surface area contributed by atoms with Crippen LogP contribution in [-0.4, -0.2) is 16.1 Å². The van der Waals surface area contributed by atoms with Crippen LogP contribution in [0.25, 0.3) is 10.8 Å². The molecule has 134 valence electrons. The monoisotopic (exact) mass is 366 g/mol. The average molecular weight is 366 g/mol. The Hall–Kier alpha value is -2.24. The van der Waals surface area contributed by atoms with Crippen LogP contribution in [-0.2, 0) is 11.2 Å². The molecule has 1 aliphatic heterocycles. The second-order valence-electron chi connectivity index (χ2n) is 6.89. The van der Waals surface area contributed by atoms with E-state index in [0.717, 1.165) is 35.9 Å². The molecule has 0 saturated heterocycles. The fourth-order valence-electron chi connectivity index (χ4n) is 3.74. The second kappa shape index (κ2) is 7.17. The molecule has 2 heterocycles. The highest BCUT2D eigenvalue weighted by molar-refractivity contribution is 7.71. The van der Waals surface area contributed by atoms with Gasteiger partial charge in [0.2, 0.25) is 0 Å². The maximum Gasteiger partial charge on any atom is 0.258 e. The van der Waals surface area contributed by atoms with E-state index in [2.05, 4.69) is 47.2 Å². The number of benzene rings is 2. The molecular formula is C21H22N2O2S. The van der Waals surface area contributed by atoms with Crippen LogP contribution in [0.4, 0.5) is 0 Å². The minimum atomic E-state index is -0.374. The first-order valence-corrected chi connectivity index (χ1v) is 9.56. The molecule has 4 rings (SSSR count). The van der Waals surface area contributed by atoms with E-state index in [0.29, 0.717) is 16.8 Å². The van der Waals surface area contributed by atoms with Crippen molar-refractivity contribution in [3.63, 3.8) is 0 Å². The number of aromatic nitrogens is 2. The smallest absolute Gasteiger partial charge is 0.258 e. The number of hydrogen-bond donors (Lipinski definition) is 2. The molecule has 0 saturated carbocycles. The summed E-state index contributed by atoms with van der Waals surface area (Å²) in [6, 6.07) is 14.5. The Kier molecular flexibility index (Phi) is 4.74. The highest BCUT2D eigenvalue weighted by Gasteiger charge is 2.31. The molecule has 2 aromatic carbocycles. The average Bonchev–Trinajstić information content (AvgIpc) is 2.65. The minimum Gasteiger partial charge on any atom is -0.365 e. The molecule has 2 unspecified atom stereocenters. The molecule has 26 heavy (non-hydrogen) atoms. The number of rotatable bonds is 4. The van der Waals surface area contributed by atoms with E-state index in [1.807, 2.05) is 12.1 Å². The van der Waals surface area contributed by atoms with Gasteiger partial charge in [0.15, 0.2) is 4.77 Å². The molecule has 0 bridgehead atoms. The van der Waals surface area contributed by atoms with Crippen LogP contribution in [0.2, 0.25) is 0 Å². The van der Waals surface area contributed by atoms with E-state index in [4.69, 9.17) is 17.0 Å². The van der Waals surface area contributed by atoms with Gasteiger partial charge in [-0.2, -0.15) is 0 Å². The quantitative estimate of drug-likeness (QED) is 0.652. The summed E-state index contributed by atoms with van der Waals surface area (Å²) in [6.45, 7) is 2.18. The van der Waals surface area contributed by atoms with E-state index in [-0.39, 0.29) is 17.8 Å². The highest BCUT2D eigenvalue weighted by Crippen LogP contribution is 2.35. The Balaban J connectivity index is 1.82. The van der Waals surface area contributed by atoms with Crippen molar-refractivity contribution in [1.82, 2.24) is 9.97 Å². The normalized spacial score (nSPS) is 19.4. The summed E-state index contributed by atoms with van der Waals surface area (Å²) < 4.78 is 6.77. The third-order valence-corrected chi connectivity index (χ3v) is 5.24. The number of hydrogen-bond acceptors (Lipinski definition) is 3. The van der Waals surface area contributed by atoms with Crippen LogP contribution in [0, 0.1) is 4.77 Å². The molecule has 0 spiro atoms. The molecular weight excluding hydrogens is 344 g/mol. The molecule has 0 amide bonds. The van der Waals surface area contributed by atoms with Crippen molar-refractivity contribution >= 4 is 23.0 Å². The fraction of sp³-hybridized carbons (Fsp3) is 0.333. The van der Waals surface area contributed by atoms with Gasteiger partial charge < -0.3 is 9.72 Å². The molecule has 5 heteroatoms. The lowest BCUT2D eigenvalue weighted by Crippen LogP contribution is -2.33. The molecule has 3 aromatic rings. The Morgan fingerprint density at radius 3 is 2.77 bits per heavy atom. The van der Waals surface area contributed by atoms with Crippen molar-refractivity contribution in [3.05, 3.63) is 74.4 Å². The lowest BCUT2D eigenvalue weighted by atomic mass is 9.92. The van der Waals surface area contributed by atoms with E-state index < -0.39 is 0 Å². The van der Waals surface area contributed by atoms with Crippen molar-refractivity contribution in [3.8, 4) is 0 Å². The predicted molar refractivity (Wildman–Crippen MR) is 106 cm³/mol. The largest absolute Gasteiger partial charge is 0.365 e. The van der Waals surface area contributed by atoms with Gasteiger partial charge in [-0.05, 0) is 41.0 Å². The maximum atomic E-state index is 12.6. The Morgan fingerprint density at radius 2 is 1.96 bits per heavy atom. The van der Waals surface area contributed by atoms with E-state index in [1.54, 1.807) is 0 Å². The van der Waals surface area contributed by atoms with Crippen molar-refractivity contribution < 1.29 is 4.74 Å². The Morgan fingerprint density at radius 1 is 1.15 bits per heavy atom. The van der Waals surface area contributed by atoms with Crippen molar-refractivity contribution in [2.75, 3.05) is 0 Å². The summed E-state index contributed by atoms with van der Waals surface area (Å²) in [7, 11) is 0. The number of ether oxygens (including phenoxy) is 1. The molecule has 1 aromatic heterocycles. The number of nitrogens with one attached hydrogen (secondary N) is 2. The Bertz CT molecular complexity index is 1050. The van der Waals surface area contributed by atoms with Gasteiger partial charge in [0.1, 0.15) is 6.10 Å². The van der Waals surface area contributed by atoms with E-state index >= 15 is 0 Å². The summed E-state index contributed by atoms with van der Waals surface area (Å²) in [6.07, 6.45) is 3.63. The van der Waals surface area contributed by atoms with Gasteiger partial charge in [0, 0.05) is 12.1 Å². The molecule has 0 radical (unpaired) electrons. The van der Waals surface area contributed by atoms with E-state index in [9.17, 15) is 4.79 Å². The SMILES string of the molecule is CCCCC1Cc2[nH]c(=S)[nH]c(=O)c2C(c2ccc3ccccc3c2)O1. The Labute approximate surface area is 157 Å². The maximum absolute atomic E-state index is 12.6. The summed E-state index contributed by atoms with van der Waals surface area (Å²) in [5.74, 6) is 0. The van der Waals surface area contributed by atoms with Gasteiger partial charge in [-0.3, -0.25) is 9.78 Å². The first kappa shape index (κ1) is 17.2. The summed E-state index contributed by atoms with van der Waals surface area (Å²) in [4.78, 5) is 18.5. The summed E-state index contributed by atoms with van der Waals surface area (Å²) in [5.41, 5.74) is 2.41. The first-order chi connectivity index (χ1) is 12.7. The topological polar surface area (TPSA) is 57.9 Å². The fourth-order valence-corrected chi connectivity index (χ4v) is 3.95. The van der Waals surface area contributed by atoms with Crippen LogP contribution in [0.3, 0.4) is 0 Å². The molecule has 2 N–H and O–H groups in total. The van der Waals surface area contributed by atoms with Crippen LogP contribution in [0.5, 0.6) is 0 Å². The number of unbranched alkanes of at least 4 members (excludes halogenated alkanes) is 1. The van der Waals surface area contributed by atoms with E-state index in [1.165, 1.54) is 5.39 Å². The van der Waals surface area contributed by atoms with Crippen molar-refractivity contribution in [1.29, 1.82) is 0 Å². The highest BCUT2D eigenvalue weighted by atomic mass is 32.1. The van der Waals surface area contributed by atoms with Crippen LogP contribution in [0.15, 0.2) is 47.3 Å². The van der Waals surface area contributed by atoms with Gasteiger partial charge in [-0.25, -0.2) is 0 Å². The molecule has 4 nitrogen and oxygen atoms in total. The zero-order chi connectivity index (χ0) is 18.1. The molecule has 1 aliphatic rings. The standard InChI is InChI=1S/C21H22N2O2S/c1-2-3-8-16-12-17-18(20(24)23-21(26)22-17)19(25-16)15-10-9-13-6-4-5-7-14(13)11-15/h4-7,9-11,16,19H,2-3,8,12H2,1H3,(H2,22,23,24,26). The zero-order valence-corrected chi connectivity index (χ0v) is 15.6. The van der Waals surface area contributed by atoms with Gasteiger partial charge in [-0.1, -0.05) is 56.2 Å². The van der Waals surface area contributed by atoms with Crippen LogP contribution < -0.4 is 5.56 Å². The van der Waals surface area contributed by atoms with Crippen molar-refractivity contribution in [2.45, 2.75) is 44.8 Å². The van der Waals surface area contributed by atoms with Crippen molar-refractivity contribution in [2.24, 2.45) is 0 Å². The zero-order valence-electron chi connectivity index (χ0n) is 14.7. The minimum absolute atomic E-state index is 0.0892.